The molecule has 10 nitrogen and oxygen atoms in total. The van der Waals surface area contributed by atoms with E-state index in [1.807, 2.05) is 0 Å². The first-order chi connectivity index (χ1) is 16.3. The summed E-state index contributed by atoms with van der Waals surface area (Å²) in [4.78, 5) is 20.6. The molecular formula is C20H18F4N4O6S. The van der Waals surface area contributed by atoms with E-state index in [0.29, 0.717) is 6.07 Å². The van der Waals surface area contributed by atoms with Crippen LogP contribution in [0.4, 0.5) is 17.6 Å². The van der Waals surface area contributed by atoms with E-state index in [-0.39, 0.29) is 34.5 Å². The maximum Gasteiger partial charge on any atom is 0.422 e. The summed E-state index contributed by atoms with van der Waals surface area (Å²) in [7, 11) is -1.92. The third-order valence-corrected chi connectivity index (χ3v) is 6.99. The fourth-order valence-corrected chi connectivity index (χ4v) is 5.60. The lowest BCUT2D eigenvalue weighted by molar-refractivity contribution is -0.153. The van der Waals surface area contributed by atoms with Gasteiger partial charge in [0, 0.05) is 6.07 Å². The monoisotopic (exact) mass is 518 g/mol. The number of amides is 1. The van der Waals surface area contributed by atoms with Crippen molar-refractivity contribution < 1.29 is 45.0 Å². The number of hydrogen-bond donors (Lipinski definition) is 1. The molecule has 3 aromatic rings. The highest BCUT2D eigenvalue weighted by Crippen LogP contribution is 2.33. The first-order valence-corrected chi connectivity index (χ1v) is 11.7. The van der Waals surface area contributed by atoms with Crippen LogP contribution in [0.25, 0.3) is 5.65 Å². The van der Waals surface area contributed by atoms with Gasteiger partial charge in [-0.25, -0.2) is 22.8 Å². The number of aromatic nitrogens is 3. The Balaban J connectivity index is 1.61. The van der Waals surface area contributed by atoms with E-state index in [0.717, 1.165) is 6.20 Å². The van der Waals surface area contributed by atoms with Crippen LogP contribution in [0.15, 0.2) is 30.6 Å². The van der Waals surface area contributed by atoms with Gasteiger partial charge in [0.1, 0.15) is 17.2 Å². The molecule has 15 heteroatoms. The Hall–Kier alpha value is -3.62. The van der Waals surface area contributed by atoms with Crippen LogP contribution in [0.3, 0.4) is 0 Å². The zero-order valence-electron chi connectivity index (χ0n) is 18.2. The van der Waals surface area contributed by atoms with Crippen molar-refractivity contribution in [1.29, 1.82) is 0 Å². The first kappa shape index (κ1) is 24.5. The van der Waals surface area contributed by atoms with E-state index in [2.05, 4.69) is 20.0 Å². The zero-order chi connectivity index (χ0) is 25.6. The second-order valence-electron chi connectivity index (χ2n) is 8.07. The fraction of sp³-hybridized carbons (Fsp3) is 0.350. The van der Waals surface area contributed by atoms with E-state index in [1.165, 1.54) is 29.8 Å². The standard InChI is InChI=1S/C20H18F4N4O6S/c1-19(9-35(30,31)10-19)27-16(29)15-18(32-2)28-7-12(3-4-14(28)26-15)34-17-13(5-11(21)6-25-17)33-8-20(22,23)24/h3-7H,8-10H2,1-2H3,(H,27,29). The summed E-state index contributed by atoms with van der Waals surface area (Å²) in [6, 6.07) is 3.53. The summed E-state index contributed by atoms with van der Waals surface area (Å²) in [6.45, 7) is -0.0874. The Kier molecular flexibility index (Phi) is 5.99. The Labute approximate surface area is 195 Å². The molecule has 1 fully saturated rings. The maximum absolute atomic E-state index is 13.5. The van der Waals surface area contributed by atoms with Gasteiger partial charge in [-0.3, -0.25) is 9.20 Å². The number of ether oxygens (including phenoxy) is 3. The Morgan fingerprint density at radius 3 is 2.63 bits per heavy atom. The van der Waals surface area contributed by atoms with Crippen molar-refractivity contribution in [2.24, 2.45) is 0 Å². The van der Waals surface area contributed by atoms with Gasteiger partial charge in [0.2, 0.25) is 5.88 Å². The molecule has 188 valence electrons. The van der Waals surface area contributed by atoms with Crippen LogP contribution in [0.1, 0.15) is 17.4 Å². The summed E-state index contributed by atoms with van der Waals surface area (Å²) in [6.07, 6.45) is -2.59. The predicted molar refractivity (Wildman–Crippen MR) is 112 cm³/mol. The Morgan fingerprint density at radius 2 is 2.00 bits per heavy atom. The maximum atomic E-state index is 13.5. The number of pyridine rings is 2. The lowest BCUT2D eigenvalue weighted by Gasteiger charge is -2.38. The minimum Gasteiger partial charge on any atom is -0.480 e. The van der Waals surface area contributed by atoms with E-state index in [4.69, 9.17) is 9.47 Å². The van der Waals surface area contributed by atoms with Crippen LogP contribution in [-0.2, 0) is 9.84 Å². The van der Waals surface area contributed by atoms with Gasteiger partial charge in [-0.2, -0.15) is 13.2 Å². The molecule has 1 amide bonds. The van der Waals surface area contributed by atoms with Gasteiger partial charge in [0.15, 0.2) is 27.9 Å². The average Bonchev–Trinajstić information content (AvgIpc) is 3.09. The number of nitrogens with one attached hydrogen (secondary N) is 1. The molecule has 1 N–H and O–H groups in total. The summed E-state index contributed by atoms with van der Waals surface area (Å²) in [5, 5.41) is 2.63. The van der Waals surface area contributed by atoms with Crippen molar-refractivity contribution in [3.63, 3.8) is 0 Å². The minimum atomic E-state index is -4.66. The molecule has 3 aromatic heterocycles. The molecule has 0 saturated carbocycles. The Bertz CT molecular complexity index is 1390. The highest BCUT2D eigenvalue weighted by atomic mass is 32.2. The fourth-order valence-electron chi connectivity index (χ4n) is 3.60. The summed E-state index contributed by atoms with van der Waals surface area (Å²) in [5.74, 6) is -2.96. The summed E-state index contributed by atoms with van der Waals surface area (Å²) >= 11 is 0. The third-order valence-electron chi connectivity index (χ3n) is 4.84. The highest BCUT2D eigenvalue weighted by Gasteiger charge is 2.46. The van der Waals surface area contributed by atoms with Crippen molar-refractivity contribution in [1.82, 2.24) is 19.7 Å². The topological polar surface area (TPSA) is 121 Å². The van der Waals surface area contributed by atoms with Gasteiger partial charge in [0.25, 0.3) is 11.8 Å². The molecule has 4 heterocycles. The van der Waals surface area contributed by atoms with E-state index in [9.17, 15) is 30.8 Å². The number of halogens is 4. The van der Waals surface area contributed by atoms with Crippen molar-refractivity contribution in [3.8, 4) is 23.3 Å². The van der Waals surface area contributed by atoms with Crippen LogP contribution in [0.5, 0.6) is 23.3 Å². The number of imidazole rings is 1. The summed E-state index contributed by atoms with van der Waals surface area (Å²) < 4.78 is 90.8. The SMILES string of the molecule is COc1c(C(=O)NC2(C)CS(=O)(=O)C2)nc2ccc(Oc3ncc(F)cc3OCC(F)(F)F)cn12. The second-order valence-corrected chi connectivity index (χ2v) is 10.1. The first-order valence-electron chi connectivity index (χ1n) is 9.89. The van der Waals surface area contributed by atoms with Crippen LogP contribution >= 0.6 is 0 Å². The molecule has 0 atom stereocenters. The second kappa shape index (κ2) is 8.55. The minimum absolute atomic E-state index is 0.00524. The predicted octanol–water partition coefficient (Wildman–Crippen LogP) is 2.53. The van der Waals surface area contributed by atoms with Crippen molar-refractivity contribution in [2.75, 3.05) is 25.2 Å². The number of fused-ring (bicyclic) bond motifs is 1. The molecule has 1 aliphatic heterocycles. The summed E-state index contributed by atoms with van der Waals surface area (Å²) in [5.41, 5.74) is -0.804. The molecule has 0 aliphatic carbocycles. The van der Waals surface area contributed by atoms with Crippen molar-refractivity contribution >= 4 is 21.4 Å². The van der Waals surface area contributed by atoms with Crippen LogP contribution in [-0.4, -0.2) is 65.6 Å². The van der Waals surface area contributed by atoms with E-state index in [1.54, 1.807) is 6.92 Å². The Morgan fingerprint density at radius 1 is 1.29 bits per heavy atom. The van der Waals surface area contributed by atoms with Gasteiger partial charge in [-0.15, -0.1) is 0 Å². The van der Waals surface area contributed by atoms with E-state index >= 15 is 0 Å². The highest BCUT2D eigenvalue weighted by molar-refractivity contribution is 7.93. The molecule has 4 rings (SSSR count). The average molecular weight is 518 g/mol. The van der Waals surface area contributed by atoms with Crippen LogP contribution in [0, 0.1) is 5.82 Å². The molecule has 1 aliphatic rings. The van der Waals surface area contributed by atoms with Crippen molar-refractivity contribution in [2.45, 2.75) is 18.6 Å². The number of methoxy groups -OCH3 is 1. The molecule has 1 saturated heterocycles. The van der Waals surface area contributed by atoms with Gasteiger partial charge < -0.3 is 19.5 Å². The van der Waals surface area contributed by atoms with Gasteiger partial charge in [-0.1, -0.05) is 0 Å². The number of nitrogens with zero attached hydrogens (tertiary/aromatic N) is 3. The quantitative estimate of drug-likeness (QED) is 0.474. The lowest BCUT2D eigenvalue weighted by atomic mass is 10.1. The normalized spacial score (nSPS) is 16.4. The molecule has 0 spiro atoms. The molecule has 0 unspecified atom stereocenters. The third kappa shape index (κ3) is 5.39. The molecule has 0 bridgehead atoms. The molecule has 35 heavy (non-hydrogen) atoms. The van der Waals surface area contributed by atoms with Crippen LogP contribution in [0.2, 0.25) is 0 Å². The smallest absolute Gasteiger partial charge is 0.422 e. The lowest BCUT2D eigenvalue weighted by Crippen LogP contribution is -2.63. The van der Waals surface area contributed by atoms with E-state index < -0.39 is 51.5 Å². The van der Waals surface area contributed by atoms with Gasteiger partial charge >= 0.3 is 6.18 Å². The number of carbonyl (C=O) groups excluding carboxylic acids is 1. The van der Waals surface area contributed by atoms with Gasteiger partial charge in [-0.05, 0) is 19.1 Å². The zero-order valence-corrected chi connectivity index (χ0v) is 19.0. The molecule has 0 radical (unpaired) electrons. The van der Waals surface area contributed by atoms with Crippen molar-refractivity contribution in [3.05, 3.63) is 42.1 Å². The van der Waals surface area contributed by atoms with Crippen LogP contribution < -0.4 is 19.5 Å². The number of hydrogen-bond acceptors (Lipinski definition) is 8. The number of sulfone groups is 1. The largest absolute Gasteiger partial charge is 0.480 e. The molecular weight excluding hydrogens is 500 g/mol. The van der Waals surface area contributed by atoms with Gasteiger partial charge in [0.05, 0.1) is 36.5 Å². The molecule has 0 aromatic carbocycles. The number of carbonyl (C=O) groups is 1. The number of rotatable bonds is 7. The number of alkyl halides is 3.